The summed E-state index contributed by atoms with van der Waals surface area (Å²) >= 11 is 0. The van der Waals surface area contributed by atoms with Crippen molar-refractivity contribution in [2.45, 2.75) is 44.4 Å². The lowest BCUT2D eigenvalue weighted by Crippen LogP contribution is -2.52. The van der Waals surface area contributed by atoms with Crippen LogP contribution in [-0.2, 0) is 12.7 Å². The van der Waals surface area contributed by atoms with Gasteiger partial charge in [-0.15, -0.1) is 0 Å². The molecule has 0 unspecified atom stereocenters. The molecule has 3 nitrogen and oxygen atoms in total. The maximum Gasteiger partial charge on any atom is 0.419 e. The largest absolute Gasteiger partial charge is 0.467 e. The molecule has 0 aromatic carbocycles. The van der Waals surface area contributed by atoms with Crippen LogP contribution in [0.3, 0.4) is 0 Å². The molecule has 2 heterocycles. The van der Waals surface area contributed by atoms with Crippen LogP contribution in [-0.4, -0.2) is 19.1 Å². The van der Waals surface area contributed by atoms with Gasteiger partial charge in [-0.25, -0.2) is 0 Å². The average molecular weight is 288 g/mol. The number of hydrogen-bond acceptors (Lipinski definition) is 3. The van der Waals surface area contributed by atoms with Crippen LogP contribution >= 0.6 is 0 Å². The highest BCUT2D eigenvalue weighted by molar-refractivity contribution is 5.16. The number of piperidine rings is 1. The van der Waals surface area contributed by atoms with E-state index in [2.05, 4.69) is 10.6 Å². The second-order valence-electron chi connectivity index (χ2n) is 6.04. The van der Waals surface area contributed by atoms with Crippen molar-refractivity contribution in [3.8, 4) is 0 Å². The molecule has 0 atom stereocenters. The van der Waals surface area contributed by atoms with Crippen LogP contribution < -0.4 is 10.6 Å². The zero-order chi connectivity index (χ0) is 14.2. The molecule has 1 saturated carbocycles. The zero-order valence-electron chi connectivity index (χ0n) is 11.2. The second-order valence-corrected chi connectivity index (χ2v) is 6.04. The molecule has 2 N–H and O–H groups in total. The van der Waals surface area contributed by atoms with E-state index in [0.29, 0.717) is 23.8 Å². The third-order valence-corrected chi connectivity index (χ3v) is 4.57. The van der Waals surface area contributed by atoms with Crippen molar-refractivity contribution in [3.05, 3.63) is 23.7 Å². The summed E-state index contributed by atoms with van der Waals surface area (Å²) in [4.78, 5) is 0. The van der Waals surface area contributed by atoms with E-state index in [4.69, 9.17) is 4.42 Å². The lowest BCUT2D eigenvalue weighted by Gasteiger charge is -2.50. The van der Waals surface area contributed by atoms with Gasteiger partial charge >= 0.3 is 6.18 Å². The normalized spacial score (nSPS) is 22.9. The number of hydrogen-bond donors (Lipinski definition) is 2. The van der Waals surface area contributed by atoms with Gasteiger partial charge in [-0.2, -0.15) is 13.2 Å². The SMILES string of the molecule is FC(F)(F)c1coc(CNC2CC3(CCNCC3)C2)c1. The Labute approximate surface area is 115 Å². The van der Waals surface area contributed by atoms with Crippen molar-refractivity contribution in [2.24, 2.45) is 5.41 Å². The Hall–Kier alpha value is -1.01. The van der Waals surface area contributed by atoms with Gasteiger partial charge in [0, 0.05) is 6.04 Å². The maximum absolute atomic E-state index is 12.4. The van der Waals surface area contributed by atoms with Crippen molar-refractivity contribution in [1.29, 1.82) is 0 Å². The van der Waals surface area contributed by atoms with Crippen molar-refractivity contribution >= 4 is 0 Å². The van der Waals surface area contributed by atoms with Crippen molar-refractivity contribution < 1.29 is 17.6 Å². The monoisotopic (exact) mass is 288 g/mol. The summed E-state index contributed by atoms with van der Waals surface area (Å²) in [6.07, 6.45) is 1.14. The van der Waals surface area contributed by atoms with Crippen LogP contribution in [0.4, 0.5) is 13.2 Å². The van der Waals surface area contributed by atoms with Gasteiger partial charge in [0.25, 0.3) is 0 Å². The van der Waals surface area contributed by atoms with Gasteiger partial charge in [0.1, 0.15) is 12.0 Å². The number of nitrogens with one attached hydrogen (secondary N) is 2. The van der Waals surface area contributed by atoms with Gasteiger partial charge < -0.3 is 15.1 Å². The maximum atomic E-state index is 12.4. The van der Waals surface area contributed by atoms with Gasteiger partial charge in [-0.1, -0.05) is 0 Å². The fourth-order valence-corrected chi connectivity index (χ4v) is 3.36. The summed E-state index contributed by atoms with van der Waals surface area (Å²) in [5, 5.41) is 6.65. The van der Waals surface area contributed by atoms with Gasteiger partial charge in [-0.3, -0.25) is 0 Å². The molecule has 3 rings (SSSR count). The molecule has 1 aliphatic heterocycles. The Balaban J connectivity index is 1.46. The highest BCUT2D eigenvalue weighted by Crippen LogP contribution is 2.47. The number of halogens is 3. The fraction of sp³-hybridized carbons (Fsp3) is 0.714. The first-order valence-corrected chi connectivity index (χ1v) is 7.06. The van der Waals surface area contributed by atoms with E-state index in [1.807, 2.05) is 0 Å². The van der Waals surface area contributed by atoms with Crippen LogP contribution in [0.25, 0.3) is 0 Å². The third-order valence-electron chi connectivity index (χ3n) is 4.57. The molecule has 2 fully saturated rings. The molecule has 0 radical (unpaired) electrons. The first-order valence-electron chi connectivity index (χ1n) is 7.06. The van der Waals surface area contributed by atoms with E-state index < -0.39 is 11.7 Å². The quantitative estimate of drug-likeness (QED) is 0.898. The number of rotatable bonds is 3. The van der Waals surface area contributed by atoms with E-state index >= 15 is 0 Å². The number of alkyl halides is 3. The van der Waals surface area contributed by atoms with E-state index in [1.165, 1.54) is 12.8 Å². The summed E-state index contributed by atoms with van der Waals surface area (Å²) in [7, 11) is 0. The Morgan fingerprint density at radius 3 is 2.60 bits per heavy atom. The van der Waals surface area contributed by atoms with Gasteiger partial charge in [-0.05, 0) is 50.3 Å². The highest BCUT2D eigenvalue weighted by Gasteiger charge is 2.44. The van der Waals surface area contributed by atoms with Crippen molar-refractivity contribution in [2.75, 3.05) is 13.1 Å². The molecule has 1 aromatic heterocycles. The third kappa shape index (κ3) is 2.86. The van der Waals surface area contributed by atoms with E-state index in [1.54, 1.807) is 0 Å². The zero-order valence-corrected chi connectivity index (χ0v) is 11.2. The molecule has 1 spiro atoms. The van der Waals surface area contributed by atoms with Crippen LogP contribution in [0.5, 0.6) is 0 Å². The van der Waals surface area contributed by atoms with Crippen LogP contribution in [0.1, 0.15) is 37.0 Å². The molecular weight excluding hydrogens is 269 g/mol. The summed E-state index contributed by atoms with van der Waals surface area (Å²) < 4.78 is 42.2. The van der Waals surface area contributed by atoms with E-state index in [0.717, 1.165) is 38.3 Å². The van der Waals surface area contributed by atoms with Crippen LogP contribution in [0.15, 0.2) is 16.7 Å². The molecule has 6 heteroatoms. The molecule has 1 aliphatic carbocycles. The minimum Gasteiger partial charge on any atom is -0.467 e. The molecule has 2 aliphatic rings. The summed E-state index contributed by atoms with van der Waals surface area (Å²) in [5.41, 5.74) is -0.235. The summed E-state index contributed by atoms with van der Waals surface area (Å²) in [5.74, 6) is 0.351. The molecular formula is C14H19F3N2O. The average Bonchev–Trinajstić information content (AvgIpc) is 2.83. The van der Waals surface area contributed by atoms with Crippen LogP contribution in [0.2, 0.25) is 0 Å². The lowest BCUT2D eigenvalue weighted by atomic mass is 9.60. The Morgan fingerprint density at radius 1 is 1.30 bits per heavy atom. The highest BCUT2D eigenvalue weighted by atomic mass is 19.4. The number of furan rings is 1. The second kappa shape index (κ2) is 5.07. The smallest absolute Gasteiger partial charge is 0.419 e. The van der Waals surface area contributed by atoms with Gasteiger partial charge in [0.15, 0.2) is 0 Å². The predicted octanol–water partition coefficient (Wildman–Crippen LogP) is 2.92. The minimum atomic E-state index is -4.32. The molecule has 112 valence electrons. The van der Waals surface area contributed by atoms with Crippen molar-refractivity contribution in [3.63, 3.8) is 0 Å². The van der Waals surface area contributed by atoms with E-state index in [-0.39, 0.29) is 0 Å². The van der Waals surface area contributed by atoms with Crippen LogP contribution in [0, 0.1) is 5.41 Å². The molecule has 20 heavy (non-hydrogen) atoms. The minimum absolute atomic E-state index is 0.351. The Kier molecular flexibility index (Phi) is 3.54. The summed E-state index contributed by atoms with van der Waals surface area (Å²) in [6.45, 7) is 2.54. The topological polar surface area (TPSA) is 37.2 Å². The lowest BCUT2D eigenvalue weighted by molar-refractivity contribution is -0.137. The molecule has 1 saturated heterocycles. The van der Waals surface area contributed by atoms with Gasteiger partial charge in [0.05, 0.1) is 12.1 Å². The molecule has 0 bridgehead atoms. The van der Waals surface area contributed by atoms with Crippen molar-refractivity contribution in [1.82, 2.24) is 10.6 Å². The molecule has 0 amide bonds. The standard InChI is InChI=1S/C14H19F3N2O/c15-14(16,17)10-5-12(20-9-10)8-19-11-6-13(7-11)1-3-18-4-2-13/h5,9,11,18-19H,1-4,6-8H2. The van der Waals surface area contributed by atoms with E-state index in [9.17, 15) is 13.2 Å². The predicted molar refractivity (Wildman–Crippen MR) is 68.1 cm³/mol. The summed E-state index contributed by atoms with van der Waals surface area (Å²) in [6, 6.07) is 1.49. The fourth-order valence-electron chi connectivity index (χ4n) is 3.36. The van der Waals surface area contributed by atoms with Gasteiger partial charge in [0.2, 0.25) is 0 Å². The Bertz CT molecular complexity index is 455. The first-order chi connectivity index (χ1) is 9.47. The Morgan fingerprint density at radius 2 is 2.00 bits per heavy atom. The molecule has 1 aromatic rings. The first kappa shape index (κ1) is 13.9.